The molecule has 0 saturated carbocycles. The summed E-state index contributed by atoms with van der Waals surface area (Å²) in [5.41, 5.74) is 1.26. The molecule has 0 fully saturated rings. The third-order valence-electron chi connectivity index (χ3n) is 3.51. The van der Waals surface area contributed by atoms with Crippen molar-refractivity contribution in [3.8, 4) is 11.5 Å². The van der Waals surface area contributed by atoms with Gasteiger partial charge in [0.1, 0.15) is 11.6 Å². The van der Waals surface area contributed by atoms with Crippen LogP contribution in [0.3, 0.4) is 0 Å². The van der Waals surface area contributed by atoms with Crippen molar-refractivity contribution in [3.63, 3.8) is 0 Å². The van der Waals surface area contributed by atoms with Crippen LogP contribution in [0.25, 0.3) is 11.5 Å². The number of thioether (sulfide) groups is 1. The maximum absolute atomic E-state index is 12.9. The predicted octanol–water partition coefficient (Wildman–Crippen LogP) is 4.29. The van der Waals surface area contributed by atoms with Gasteiger partial charge in [-0.15, -0.1) is 10.2 Å². The van der Waals surface area contributed by atoms with Gasteiger partial charge in [-0.2, -0.15) is 0 Å². The quantitative estimate of drug-likeness (QED) is 0.660. The van der Waals surface area contributed by atoms with E-state index >= 15 is 0 Å². The SMILES string of the molecule is CC[C@H](Sc1nnc(-c2ccoc2C)o1)C(=O)Nc1ccc(F)cc1. The monoisotopic (exact) mass is 361 g/mol. The standard InChI is InChI=1S/C17H16FN3O3S/c1-3-14(15(22)19-12-6-4-11(18)5-7-12)25-17-21-20-16(24-17)13-8-9-23-10(13)2/h4-9,14H,3H2,1-2H3,(H,19,22)/t14-/m0/s1. The lowest BCUT2D eigenvalue weighted by Crippen LogP contribution is -2.24. The van der Waals surface area contributed by atoms with E-state index in [4.69, 9.17) is 8.83 Å². The van der Waals surface area contributed by atoms with Crippen LogP contribution in [0.5, 0.6) is 0 Å². The number of furan rings is 1. The second-order valence-electron chi connectivity index (χ2n) is 5.27. The van der Waals surface area contributed by atoms with Crippen molar-refractivity contribution in [2.45, 2.75) is 30.7 Å². The van der Waals surface area contributed by atoms with E-state index in [9.17, 15) is 9.18 Å². The molecule has 3 aromatic rings. The number of nitrogens with zero attached hydrogens (tertiary/aromatic N) is 2. The van der Waals surface area contributed by atoms with Crippen molar-refractivity contribution < 1.29 is 18.0 Å². The molecule has 6 nitrogen and oxygen atoms in total. The number of nitrogens with one attached hydrogen (secondary N) is 1. The first-order valence-electron chi connectivity index (χ1n) is 7.68. The fourth-order valence-electron chi connectivity index (χ4n) is 2.17. The highest BCUT2D eigenvalue weighted by molar-refractivity contribution is 8.00. The summed E-state index contributed by atoms with van der Waals surface area (Å²) in [5, 5.41) is 10.6. The Hall–Kier alpha value is -2.61. The van der Waals surface area contributed by atoms with E-state index < -0.39 is 5.25 Å². The van der Waals surface area contributed by atoms with Gasteiger partial charge in [-0.3, -0.25) is 4.79 Å². The van der Waals surface area contributed by atoms with Crippen LogP contribution in [0.15, 0.2) is 50.7 Å². The Labute approximate surface area is 147 Å². The molecule has 2 heterocycles. The van der Waals surface area contributed by atoms with Crippen molar-refractivity contribution >= 4 is 23.4 Å². The zero-order valence-electron chi connectivity index (χ0n) is 13.7. The smallest absolute Gasteiger partial charge is 0.277 e. The van der Waals surface area contributed by atoms with Gasteiger partial charge >= 0.3 is 0 Å². The lowest BCUT2D eigenvalue weighted by Gasteiger charge is -2.12. The molecule has 8 heteroatoms. The summed E-state index contributed by atoms with van der Waals surface area (Å²) in [6, 6.07) is 7.35. The highest BCUT2D eigenvalue weighted by Crippen LogP contribution is 2.29. The first kappa shape index (κ1) is 17.2. The number of carbonyl (C=O) groups is 1. The lowest BCUT2D eigenvalue weighted by atomic mass is 10.2. The Morgan fingerprint density at radius 1 is 1.28 bits per heavy atom. The lowest BCUT2D eigenvalue weighted by molar-refractivity contribution is -0.115. The van der Waals surface area contributed by atoms with Gasteiger partial charge < -0.3 is 14.2 Å². The molecule has 130 valence electrons. The van der Waals surface area contributed by atoms with Crippen LogP contribution in [-0.4, -0.2) is 21.4 Å². The van der Waals surface area contributed by atoms with Crippen LogP contribution in [0.2, 0.25) is 0 Å². The normalized spacial score (nSPS) is 12.1. The minimum absolute atomic E-state index is 0.210. The number of aryl methyl sites for hydroxylation is 1. The highest BCUT2D eigenvalue weighted by atomic mass is 32.2. The molecular weight excluding hydrogens is 345 g/mol. The minimum Gasteiger partial charge on any atom is -0.469 e. The maximum atomic E-state index is 12.9. The number of anilines is 1. The maximum Gasteiger partial charge on any atom is 0.277 e. The van der Waals surface area contributed by atoms with Crippen LogP contribution in [0.1, 0.15) is 19.1 Å². The van der Waals surface area contributed by atoms with Crippen molar-refractivity contribution in [2.75, 3.05) is 5.32 Å². The zero-order valence-corrected chi connectivity index (χ0v) is 14.5. The minimum atomic E-state index is -0.413. The molecule has 1 atom stereocenters. The van der Waals surface area contributed by atoms with E-state index in [1.807, 2.05) is 6.92 Å². The summed E-state index contributed by atoms with van der Waals surface area (Å²) in [7, 11) is 0. The summed E-state index contributed by atoms with van der Waals surface area (Å²) in [6.07, 6.45) is 2.12. The van der Waals surface area contributed by atoms with Crippen LogP contribution in [0.4, 0.5) is 10.1 Å². The third-order valence-corrected chi connectivity index (χ3v) is 4.71. The number of carbonyl (C=O) groups excluding carboxylic acids is 1. The summed E-state index contributed by atoms with van der Waals surface area (Å²) in [6.45, 7) is 3.69. The van der Waals surface area contributed by atoms with Crippen LogP contribution in [-0.2, 0) is 4.79 Å². The molecule has 0 unspecified atom stereocenters. The molecule has 3 rings (SSSR count). The Bertz CT molecular complexity index is 860. The van der Waals surface area contributed by atoms with Gasteiger partial charge in [-0.05, 0) is 43.7 Å². The average molecular weight is 361 g/mol. The Kier molecular flexibility index (Phi) is 5.18. The molecule has 0 aliphatic carbocycles. The molecule has 25 heavy (non-hydrogen) atoms. The summed E-state index contributed by atoms with van der Waals surface area (Å²) in [4.78, 5) is 12.4. The first-order valence-corrected chi connectivity index (χ1v) is 8.56. The van der Waals surface area contributed by atoms with E-state index in [0.29, 0.717) is 29.0 Å². The van der Waals surface area contributed by atoms with Crippen LogP contribution < -0.4 is 5.32 Å². The largest absolute Gasteiger partial charge is 0.469 e. The number of rotatable bonds is 6. The number of halogens is 1. The molecular formula is C17H16FN3O3S. The summed E-state index contributed by atoms with van der Waals surface area (Å²) < 4.78 is 23.8. The van der Waals surface area contributed by atoms with Crippen LogP contribution >= 0.6 is 11.8 Å². The van der Waals surface area contributed by atoms with Crippen molar-refractivity contribution in [3.05, 3.63) is 48.2 Å². The van der Waals surface area contributed by atoms with Gasteiger partial charge in [0.25, 0.3) is 11.1 Å². The number of hydrogen-bond donors (Lipinski definition) is 1. The number of hydrogen-bond acceptors (Lipinski definition) is 6. The number of aromatic nitrogens is 2. The van der Waals surface area contributed by atoms with Gasteiger partial charge in [-0.1, -0.05) is 18.7 Å². The van der Waals surface area contributed by atoms with Gasteiger partial charge in [0.05, 0.1) is 17.1 Å². The first-order chi connectivity index (χ1) is 12.1. The zero-order chi connectivity index (χ0) is 17.8. The second-order valence-corrected chi connectivity index (χ2v) is 6.43. The highest BCUT2D eigenvalue weighted by Gasteiger charge is 2.22. The Balaban J connectivity index is 1.67. The fraction of sp³-hybridized carbons (Fsp3) is 0.235. The third kappa shape index (κ3) is 4.08. The molecule has 0 spiro atoms. The van der Waals surface area contributed by atoms with Gasteiger partial charge in [0.2, 0.25) is 5.91 Å². The molecule has 0 saturated heterocycles. The van der Waals surface area contributed by atoms with E-state index in [-0.39, 0.29) is 11.7 Å². The van der Waals surface area contributed by atoms with Crippen LogP contribution in [0, 0.1) is 12.7 Å². The van der Waals surface area contributed by atoms with Gasteiger partial charge in [0, 0.05) is 5.69 Å². The Morgan fingerprint density at radius 2 is 2.04 bits per heavy atom. The topological polar surface area (TPSA) is 81.2 Å². The molecule has 0 radical (unpaired) electrons. The van der Waals surface area contributed by atoms with E-state index in [1.54, 1.807) is 19.3 Å². The van der Waals surface area contributed by atoms with Crippen molar-refractivity contribution in [2.24, 2.45) is 0 Å². The molecule has 1 amide bonds. The Morgan fingerprint density at radius 3 is 2.68 bits per heavy atom. The number of amides is 1. The number of benzene rings is 1. The van der Waals surface area contributed by atoms with E-state index in [0.717, 1.165) is 5.56 Å². The molecule has 0 aliphatic rings. The van der Waals surface area contributed by atoms with Crippen molar-refractivity contribution in [1.29, 1.82) is 0 Å². The summed E-state index contributed by atoms with van der Waals surface area (Å²) in [5.74, 6) is 0.467. The predicted molar refractivity (Wildman–Crippen MR) is 91.7 cm³/mol. The van der Waals surface area contributed by atoms with E-state index in [2.05, 4.69) is 15.5 Å². The van der Waals surface area contributed by atoms with Gasteiger partial charge in [0.15, 0.2) is 0 Å². The molecule has 0 bridgehead atoms. The summed E-state index contributed by atoms with van der Waals surface area (Å²) >= 11 is 1.19. The second kappa shape index (κ2) is 7.52. The molecule has 1 N–H and O–H groups in total. The average Bonchev–Trinajstić information content (AvgIpc) is 3.23. The van der Waals surface area contributed by atoms with E-state index in [1.165, 1.54) is 36.0 Å². The molecule has 2 aromatic heterocycles. The van der Waals surface area contributed by atoms with Crippen molar-refractivity contribution in [1.82, 2.24) is 10.2 Å². The molecule has 0 aliphatic heterocycles. The van der Waals surface area contributed by atoms with Gasteiger partial charge in [-0.25, -0.2) is 4.39 Å². The fourth-order valence-corrected chi connectivity index (χ4v) is 2.96. The molecule has 1 aromatic carbocycles.